The molecular formula is C33H35N2O7PS. The van der Waals surface area contributed by atoms with Crippen LogP contribution < -0.4 is 15.2 Å². The van der Waals surface area contributed by atoms with Crippen LogP contribution in [-0.2, 0) is 36.7 Å². The first-order valence-corrected chi connectivity index (χ1v) is 17.0. The predicted octanol–water partition coefficient (Wildman–Crippen LogP) is 6.49. The van der Waals surface area contributed by atoms with Crippen molar-refractivity contribution in [1.82, 2.24) is 10.6 Å². The summed E-state index contributed by atoms with van der Waals surface area (Å²) in [5, 5.41) is 8.70. The lowest BCUT2D eigenvalue weighted by Gasteiger charge is -2.25. The van der Waals surface area contributed by atoms with Gasteiger partial charge < -0.3 is 24.6 Å². The number of amides is 2. The smallest absolute Gasteiger partial charge is 0.407 e. The molecule has 4 aromatic rings. The topological polar surface area (TPSA) is 120 Å². The number of esters is 1. The Hall–Kier alpha value is -4.40. The van der Waals surface area contributed by atoms with Crippen LogP contribution >= 0.6 is 18.7 Å². The van der Waals surface area contributed by atoms with Crippen LogP contribution in [0.25, 0.3) is 11.1 Å². The Balaban J connectivity index is 1.53. The van der Waals surface area contributed by atoms with Gasteiger partial charge in [-0.25, -0.2) is 9.59 Å². The number of carbonyl (C=O) groups is 3. The molecule has 1 heterocycles. The van der Waals surface area contributed by atoms with Crippen LogP contribution in [-0.4, -0.2) is 43.6 Å². The average molecular weight is 635 g/mol. The summed E-state index contributed by atoms with van der Waals surface area (Å²) in [7, 11) is -2.48. The van der Waals surface area contributed by atoms with E-state index < -0.39 is 37.3 Å². The van der Waals surface area contributed by atoms with Crippen molar-refractivity contribution in [3.8, 4) is 16.9 Å². The minimum absolute atomic E-state index is 0.0395. The highest BCUT2D eigenvalue weighted by Gasteiger charge is 2.35. The third-order valence-corrected chi connectivity index (χ3v) is 9.61. The molecule has 44 heavy (non-hydrogen) atoms. The molecule has 11 heteroatoms. The molecule has 0 fully saturated rings. The summed E-state index contributed by atoms with van der Waals surface area (Å²) in [6, 6.07) is 27.6. The summed E-state index contributed by atoms with van der Waals surface area (Å²) in [5.74, 6) is -1.59. The summed E-state index contributed by atoms with van der Waals surface area (Å²) < 4.78 is 30.3. The summed E-state index contributed by atoms with van der Waals surface area (Å²) in [6.45, 7) is 1.55. The van der Waals surface area contributed by atoms with Crippen LogP contribution in [0.1, 0.15) is 18.1 Å². The second-order valence-electron chi connectivity index (χ2n) is 10.2. The van der Waals surface area contributed by atoms with Crippen LogP contribution in [0.4, 0.5) is 4.79 Å². The van der Waals surface area contributed by atoms with Crippen molar-refractivity contribution in [2.75, 3.05) is 19.6 Å². The van der Waals surface area contributed by atoms with E-state index in [0.717, 1.165) is 22.3 Å². The molecule has 2 N–H and O–H groups in total. The maximum atomic E-state index is 14.3. The third kappa shape index (κ3) is 9.82. The largest absolute Gasteiger partial charge is 0.467 e. The van der Waals surface area contributed by atoms with Crippen LogP contribution in [0.5, 0.6) is 5.75 Å². The van der Waals surface area contributed by atoms with Crippen LogP contribution in [0.3, 0.4) is 0 Å². The highest BCUT2D eigenvalue weighted by atomic mass is 32.1. The number of alkyl carbamates (subject to hydrolysis) is 1. The molecule has 0 aliphatic carbocycles. The van der Waals surface area contributed by atoms with E-state index in [4.69, 9.17) is 14.0 Å². The lowest BCUT2D eigenvalue weighted by atomic mass is 9.97. The molecule has 4 rings (SSSR count). The number of benzene rings is 3. The van der Waals surface area contributed by atoms with E-state index in [0.29, 0.717) is 5.75 Å². The molecule has 0 radical (unpaired) electrons. The minimum atomic E-state index is -3.72. The predicted molar refractivity (Wildman–Crippen MR) is 171 cm³/mol. The lowest BCUT2D eigenvalue weighted by molar-refractivity contribution is -0.144. The van der Waals surface area contributed by atoms with E-state index in [2.05, 4.69) is 10.6 Å². The number of hydrogen-bond donors (Lipinski definition) is 2. The molecule has 0 aliphatic heterocycles. The molecule has 0 bridgehead atoms. The summed E-state index contributed by atoms with van der Waals surface area (Å²) >= 11 is 1.36. The number of hydrogen-bond acceptors (Lipinski definition) is 8. The number of carbonyl (C=O) groups excluding carboxylic acids is 3. The van der Waals surface area contributed by atoms with Crippen molar-refractivity contribution >= 4 is 36.7 Å². The molecule has 2 amide bonds. The van der Waals surface area contributed by atoms with Gasteiger partial charge in [-0.2, -0.15) is 0 Å². The molecule has 0 saturated carbocycles. The molecule has 0 aliphatic rings. The first-order chi connectivity index (χ1) is 21.2. The van der Waals surface area contributed by atoms with Crippen LogP contribution in [0, 0.1) is 5.92 Å². The van der Waals surface area contributed by atoms with Gasteiger partial charge in [-0.1, -0.05) is 84.9 Å². The summed E-state index contributed by atoms with van der Waals surface area (Å²) in [4.78, 5) is 38.1. The van der Waals surface area contributed by atoms with Gasteiger partial charge in [0.15, 0.2) is 0 Å². The third-order valence-electron chi connectivity index (χ3n) is 6.77. The molecule has 0 saturated heterocycles. The number of rotatable bonds is 14. The summed E-state index contributed by atoms with van der Waals surface area (Å²) in [6.07, 6.45) is -1.12. The highest BCUT2D eigenvalue weighted by molar-refractivity contribution is 7.59. The van der Waals surface area contributed by atoms with E-state index in [-0.39, 0.29) is 25.5 Å². The van der Waals surface area contributed by atoms with Crippen LogP contribution in [0.15, 0.2) is 102 Å². The molecule has 1 unspecified atom stereocenters. The summed E-state index contributed by atoms with van der Waals surface area (Å²) in [5.41, 5.74) is 3.70. The zero-order valence-corrected chi connectivity index (χ0v) is 26.2. The molecule has 3 aromatic carbocycles. The normalized spacial score (nSPS) is 13.5. The SMILES string of the molecule is COC(=O)[C@H](C)NC(=O)C(Cc1ccc(-c2ccccc2)cc1)C[P@](=O)(CNC(=O)OCc1ccccc1)Oc1ccsc1. The second-order valence-corrected chi connectivity index (χ2v) is 13.4. The average Bonchev–Trinajstić information content (AvgIpc) is 3.56. The molecule has 1 aromatic heterocycles. The molecule has 3 atom stereocenters. The van der Waals surface area contributed by atoms with Gasteiger partial charge in [-0.3, -0.25) is 9.36 Å². The number of methoxy groups -OCH3 is 1. The molecule has 230 valence electrons. The fraction of sp³-hybridized carbons (Fsp3) is 0.242. The van der Waals surface area contributed by atoms with Gasteiger partial charge in [0.2, 0.25) is 5.91 Å². The van der Waals surface area contributed by atoms with Crippen molar-refractivity contribution in [2.45, 2.75) is 26.0 Å². The fourth-order valence-corrected chi connectivity index (χ4v) is 7.21. The molecule has 0 spiro atoms. The first-order valence-electron chi connectivity index (χ1n) is 14.0. The van der Waals surface area contributed by atoms with E-state index >= 15 is 0 Å². The van der Waals surface area contributed by atoms with Gasteiger partial charge in [0.1, 0.15) is 24.7 Å². The molecule has 9 nitrogen and oxygen atoms in total. The van der Waals surface area contributed by atoms with E-state index in [1.807, 2.05) is 84.9 Å². The monoisotopic (exact) mass is 634 g/mol. The van der Waals surface area contributed by atoms with E-state index in [1.54, 1.807) is 16.8 Å². The number of nitrogens with one attached hydrogen (secondary N) is 2. The Morgan fingerprint density at radius 2 is 1.52 bits per heavy atom. The number of ether oxygens (including phenoxy) is 2. The zero-order chi connectivity index (χ0) is 31.4. The van der Waals surface area contributed by atoms with Crippen molar-refractivity contribution in [3.63, 3.8) is 0 Å². The maximum absolute atomic E-state index is 14.3. The second kappa shape index (κ2) is 15.9. The van der Waals surface area contributed by atoms with E-state index in [1.165, 1.54) is 25.4 Å². The van der Waals surface area contributed by atoms with Gasteiger partial charge >= 0.3 is 12.1 Å². The Kier molecular flexibility index (Phi) is 11.7. The van der Waals surface area contributed by atoms with Crippen molar-refractivity contribution in [2.24, 2.45) is 5.92 Å². The van der Waals surface area contributed by atoms with Crippen molar-refractivity contribution in [3.05, 3.63) is 113 Å². The van der Waals surface area contributed by atoms with Gasteiger partial charge in [0, 0.05) is 11.5 Å². The highest BCUT2D eigenvalue weighted by Crippen LogP contribution is 2.48. The van der Waals surface area contributed by atoms with Crippen LogP contribution in [0.2, 0.25) is 0 Å². The van der Waals surface area contributed by atoms with Gasteiger partial charge in [0.05, 0.1) is 13.0 Å². The quantitative estimate of drug-likeness (QED) is 0.120. The lowest BCUT2D eigenvalue weighted by Crippen LogP contribution is -2.44. The zero-order valence-electron chi connectivity index (χ0n) is 24.5. The van der Waals surface area contributed by atoms with Crippen molar-refractivity contribution in [1.29, 1.82) is 0 Å². The standard InChI is InChI=1S/C33H35N2O7PS/c1-24(32(37)40-2)35-31(36)29(19-25-13-15-28(16-14-25)27-11-7-4-8-12-27)21-43(39,42-30-17-18-44-22-30)23-34-33(38)41-20-26-9-5-3-6-10-26/h3-18,22,24,29H,19-21,23H2,1-2H3,(H,34,38)(H,35,36)/t24-,29?,43+/m0/s1. The minimum Gasteiger partial charge on any atom is -0.467 e. The Labute approximate surface area is 261 Å². The first kappa shape index (κ1) is 32.5. The number of thiophene rings is 1. The Morgan fingerprint density at radius 3 is 2.16 bits per heavy atom. The van der Waals surface area contributed by atoms with Gasteiger partial charge in [0.25, 0.3) is 7.37 Å². The van der Waals surface area contributed by atoms with Crippen molar-refractivity contribution < 1.29 is 32.9 Å². The fourth-order valence-electron chi connectivity index (χ4n) is 4.48. The Morgan fingerprint density at radius 1 is 0.864 bits per heavy atom. The Bertz CT molecular complexity index is 1550. The van der Waals surface area contributed by atoms with Gasteiger partial charge in [-0.15, -0.1) is 11.3 Å². The molecular weight excluding hydrogens is 599 g/mol. The maximum Gasteiger partial charge on any atom is 0.407 e. The van der Waals surface area contributed by atoms with Gasteiger partial charge in [-0.05, 0) is 47.0 Å². The van der Waals surface area contributed by atoms with E-state index in [9.17, 15) is 18.9 Å².